The van der Waals surface area contributed by atoms with Gasteiger partial charge in [0, 0.05) is 10.6 Å². The van der Waals surface area contributed by atoms with Crippen LogP contribution in [0.2, 0.25) is 10.0 Å². The number of para-hydroxylation sites is 1. The van der Waals surface area contributed by atoms with Crippen LogP contribution in [0.15, 0.2) is 59.0 Å². The van der Waals surface area contributed by atoms with E-state index < -0.39 is 11.9 Å². The number of rotatable bonds is 7. The second-order valence-electron chi connectivity index (χ2n) is 6.28. The van der Waals surface area contributed by atoms with E-state index in [0.717, 1.165) is 12.8 Å². The van der Waals surface area contributed by atoms with Crippen molar-refractivity contribution >= 4 is 40.8 Å². The van der Waals surface area contributed by atoms with E-state index >= 15 is 0 Å². The summed E-state index contributed by atoms with van der Waals surface area (Å²) in [6.07, 6.45) is 1.70. The van der Waals surface area contributed by atoms with E-state index in [0.29, 0.717) is 33.7 Å². The van der Waals surface area contributed by atoms with Crippen LogP contribution in [0.25, 0.3) is 11.3 Å². The van der Waals surface area contributed by atoms with E-state index in [1.54, 1.807) is 48.5 Å². The number of hydrogen-bond acceptors (Lipinski definition) is 4. The first-order chi connectivity index (χ1) is 14.0. The van der Waals surface area contributed by atoms with Crippen molar-refractivity contribution in [3.8, 4) is 11.3 Å². The highest BCUT2D eigenvalue weighted by atomic mass is 35.5. The molecule has 0 saturated heterocycles. The summed E-state index contributed by atoms with van der Waals surface area (Å²) in [5, 5.41) is 3.62. The summed E-state index contributed by atoms with van der Waals surface area (Å²) in [6.45, 7) is 2.35. The number of ether oxygens (including phenoxy) is 1. The Morgan fingerprint density at radius 1 is 1.07 bits per heavy atom. The number of amides is 1. The van der Waals surface area contributed by atoms with Crippen molar-refractivity contribution in [1.82, 2.24) is 0 Å². The zero-order chi connectivity index (χ0) is 20.8. The summed E-state index contributed by atoms with van der Waals surface area (Å²) < 4.78 is 10.9. The van der Waals surface area contributed by atoms with Crippen molar-refractivity contribution in [3.05, 3.63) is 76.0 Å². The molecule has 0 spiro atoms. The van der Waals surface area contributed by atoms with Crippen molar-refractivity contribution in [3.63, 3.8) is 0 Å². The highest BCUT2D eigenvalue weighted by Gasteiger charge is 2.18. The molecule has 0 atom stereocenters. The number of carbonyl (C=O) groups excluding carboxylic acids is 2. The van der Waals surface area contributed by atoms with E-state index in [2.05, 4.69) is 5.32 Å². The summed E-state index contributed by atoms with van der Waals surface area (Å²) in [5.41, 5.74) is 1.25. The van der Waals surface area contributed by atoms with Crippen molar-refractivity contribution in [2.24, 2.45) is 0 Å². The highest BCUT2D eigenvalue weighted by molar-refractivity contribution is 6.36. The summed E-state index contributed by atoms with van der Waals surface area (Å²) in [4.78, 5) is 24.9. The molecule has 29 heavy (non-hydrogen) atoms. The molecule has 7 heteroatoms. The van der Waals surface area contributed by atoms with E-state index in [-0.39, 0.29) is 11.3 Å². The molecule has 0 saturated carbocycles. The fraction of sp³-hybridized carbons (Fsp3) is 0.182. The van der Waals surface area contributed by atoms with Crippen molar-refractivity contribution < 1.29 is 18.7 Å². The number of esters is 1. The van der Waals surface area contributed by atoms with Crippen LogP contribution in [0, 0.1) is 0 Å². The monoisotopic (exact) mass is 431 g/mol. The first-order valence-electron chi connectivity index (χ1n) is 9.12. The predicted octanol–water partition coefficient (Wildman–Crippen LogP) is 6.46. The number of nitrogens with one attached hydrogen (secondary N) is 1. The van der Waals surface area contributed by atoms with Gasteiger partial charge in [0.25, 0.3) is 5.91 Å². The third-order valence-corrected chi connectivity index (χ3v) is 4.70. The van der Waals surface area contributed by atoms with Crippen molar-refractivity contribution in [1.29, 1.82) is 0 Å². The van der Waals surface area contributed by atoms with Crippen molar-refractivity contribution in [2.45, 2.75) is 19.8 Å². The molecule has 0 unspecified atom stereocenters. The summed E-state index contributed by atoms with van der Waals surface area (Å²) >= 11 is 12.1. The van der Waals surface area contributed by atoms with Crippen molar-refractivity contribution in [2.75, 3.05) is 11.9 Å². The average Bonchev–Trinajstić information content (AvgIpc) is 3.18. The van der Waals surface area contributed by atoms with Gasteiger partial charge in [-0.3, -0.25) is 4.79 Å². The van der Waals surface area contributed by atoms with Crippen LogP contribution in [-0.4, -0.2) is 18.5 Å². The van der Waals surface area contributed by atoms with Gasteiger partial charge in [0.1, 0.15) is 5.76 Å². The molecule has 0 bridgehead atoms. The Bertz CT molecular complexity index is 1030. The molecule has 1 aromatic heterocycles. The third kappa shape index (κ3) is 5.19. The van der Waals surface area contributed by atoms with Crippen LogP contribution >= 0.6 is 23.2 Å². The van der Waals surface area contributed by atoms with Gasteiger partial charge in [-0.2, -0.15) is 0 Å². The Hall–Kier alpha value is -2.76. The molecule has 0 aliphatic heterocycles. The van der Waals surface area contributed by atoms with Gasteiger partial charge in [-0.1, -0.05) is 48.7 Å². The first kappa shape index (κ1) is 21.0. The quantitative estimate of drug-likeness (QED) is 0.344. The molecule has 2 aromatic carbocycles. The molecular formula is C22H19Cl2NO4. The van der Waals surface area contributed by atoms with Crippen LogP contribution in [0.5, 0.6) is 0 Å². The lowest BCUT2D eigenvalue weighted by molar-refractivity contribution is 0.0501. The lowest BCUT2D eigenvalue weighted by Gasteiger charge is -2.10. The maximum absolute atomic E-state index is 12.6. The summed E-state index contributed by atoms with van der Waals surface area (Å²) in [5.74, 6) is -0.457. The predicted molar refractivity (Wildman–Crippen MR) is 114 cm³/mol. The Morgan fingerprint density at radius 3 is 2.62 bits per heavy atom. The highest BCUT2D eigenvalue weighted by Crippen LogP contribution is 2.31. The zero-order valence-corrected chi connectivity index (χ0v) is 17.2. The van der Waals surface area contributed by atoms with E-state index in [1.165, 1.54) is 6.07 Å². The second kappa shape index (κ2) is 9.63. The Kier molecular flexibility index (Phi) is 6.96. The third-order valence-electron chi connectivity index (χ3n) is 4.15. The molecule has 1 heterocycles. The van der Waals surface area contributed by atoms with Crippen LogP contribution in [-0.2, 0) is 4.74 Å². The summed E-state index contributed by atoms with van der Waals surface area (Å²) in [7, 11) is 0. The Morgan fingerprint density at radius 2 is 1.86 bits per heavy atom. The molecule has 3 aromatic rings. The average molecular weight is 432 g/mol. The van der Waals surface area contributed by atoms with Gasteiger partial charge >= 0.3 is 5.97 Å². The van der Waals surface area contributed by atoms with Crippen LogP contribution in [0.3, 0.4) is 0 Å². The molecule has 0 radical (unpaired) electrons. The molecule has 1 N–H and O–H groups in total. The standard InChI is InChI=1S/C22H19Cl2NO4/c1-2-3-12-28-22(27)16-6-4-5-7-18(16)25-21(26)20-11-10-19(29-20)15-9-8-14(23)13-17(15)24/h4-11,13H,2-3,12H2,1H3,(H,25,26). The molecule has 3 rings (SSSR count). The maximum atomic E-state index is 12.6. The van der Waals surface area contributed by atoms with Crippen LogP contribution in [0.1, 0.15) is 40.7 Å². The molecule has 1 amide bonds. The molecule has 0 fully saturated rings. The van der Waals surface area contributed by atoms with Crippen LogP contribution in [0.4, 0.5) is 5.69 Å². The van der Waals surface area contributed by atoms with Gasteiger partial charge in [0.05, 0.1) is 22.9 Å². The first-order valence-corrected chi connectivity index (χ1v) is 9.88. The van der Waals surface area contributed by atoms with Crippen LogP contribution < -0.4 is 5.32 Å². The number of unbranched alkanes of at least 4 members (excludes halogenated alkanes) is 1. The maximum Gasteiger partial charge on any atom is 0.340 e. The molecular weight excluding hydrogens is 413 g/mol. The Labute approximate surface area is 178 Å². The van der Waals surface area contributed by atoms with Gasteiger partial charge in [0.15, 0.2) is 5.76 Å². The number of hydrogen-bond donors (Lipinski definition) is 1. The summed E-state index contributed by atoms with van der Waals surface area (Å²) in [6, 6.07) is 14.9. The fourth-order valence-electron chi connectivity index (χ4n) is 2.63. The van der Waals surface area contributed by atoms with Gasteiger partial charge in [-0.25, -0.2) is 4.79 Å². The molecule has 5 nitrogen and oxygen atoms in total. The number of carbonyl (C=O) groups is 2. The van der Waals surface area contributed by atoms with Gasteiger partial charge < -0.3 is 14.5 Å². The number of halogens is 2. The van der Waals surface area contributed by atoms with E-state index in [9.17, 15) is 9.59 Å². The van der Waals surface area contributed by atoms with Gasteiger partial charge in [-0.15, -0.1) is 0 Å². The molecule has 150 valence electrons. The fourth-order valence-corrected chi connectivity index (χ4v) is 3.14. The lowest BCUT2D eigenvalue weighted by atomic mass is 10.1. The normalized spacial score (nSPS) is 10.6. The minimum Gasteiger partial charge on any atom is -0.462 e. The smallest absolute Gasteiger partial charge is 0.340 e. The number of benzene rings is 2. The SMILES string of the molecule is CCCCOC(=O)c1ccccc1NC(=O)c1ccc(-c2ccc(Cl)cc2Cl)o1. The largest absolute Gasteiger partial charge is 0.462 e. The van der Waals surface area contributed by atoms with Gasteiger partial charge in [0.2, 0.25) is 0 Å². The minimum atomic E-state index is -0.491. The molecule has 0 aliphatic rings. The number of anilines is 1. The zero-order valence-electron chi connectivity index (χ0n) is 15.7. The van der Waals surface area contributed by atoms with E-state index in [1.807, 2.05) is 6.92 Å². The van der Waals surface area contributed by atoms with Gasteiger partial charge in [-0.05, 0) is 48.9 Å². The Balaban J connectivity index is 1.76. The topological polar surface area (TPSA) is 68.5 Å². The molecule has 0 aliphatic carbocycles. The minimum absolute atomic E-state index is 0.0835. The number of furan rings is 1. The second-order valence-corrected chi connectivity index (χ2v) is 7.12. The van der Waals surface area contributed by atoms with E-state index in [4.69, 9.17) is 32.4 Å². The lowest BCUT2D eigenvalue weighted by Crippen LogP contribution is -2.15.